The second kappa shape index (κ2) is 9.73. The van der Waals surface area contributed by atoms with Crippen LogP contribution >= 0.6 is 11.3 Å². The van der Waals surface area contributed by atoms with Crippen molar-refractivity contribution in [1.29, 1.82) is 0 Å². The summed E-state index contributed by atoms with van der Waals surface area (Å²) >= 11 is 1.58. The van der Waals surface area contributed by atoms with E-state index in [9.17, 15) is 4.79 Å². The fraction of sp³-hybridized carbons (Fsp3) is 0.522. The molecule has 1 aromatic heterocycles. The van der Waals surface area contributed by atoms with Crippen LogP contribution in [-0.4, -0.2) is 86.2 Å². The van der Waals surface area contributed by atoms with Crippen molar-refractivity contribution >= 4 is 27.3 Å². The van der Waals surface area contributed by atoms with Crippen LogP contribution in [0.1, 0.15) is 22.5 Å². The molecule has 1 aromatic carbocycles. The molecule has 0 spiro atoms. The summed E-state index contributed by atoms with van der Waals surface area (Å²) in [4.78, 5) is 20.4. The van der Waals surface area contributed by atoms with Gasteiger partial charge in [0.15, 0.2) is 0 Å². The number of hydrogen-bond donors (Lipinski definition) is 0. The zero-order chi connectivity index (χ0) is 20.1. The van der Waals surface area contributed by atoms with E-state index in [2.05, 4.69) is 40.8 Å². The molecule has 0 atom stereocenters. The van der Waals surface area contributed by atoms with Crippen molar-refractivity contribution in [3.63, 3.8) is 0 Å². The van der Waals surface area contributed by atoms with E-state index in [4.69, 9.17) is 4.74 Å². The number of nitrogens with zero attached hydrogens (tertiary/aromatic N) is 3. The van der Waals surface area contributed by atoms with Crippen LogP contribution < -0.4 is 0 Å². The lowest BCUT2D eigenvalue weighted by atomic mass is 10.1. The molecule has 1 amide bonds. The zero-order valence-corrected chi connectivity index (χ0v) is 17.9. The van der Waals surface area contributed by atoms with E-state index in [0.717, 1.165) is 68.9 Å². The van der Waals surface area contributed by atoms with E-state index in [1.54, 1.807) is 11.3 Å². The lowest BCUT2D eigenvalue weighted by molar-refractivity contribution is 0.0232. The summed E-state index contributed by atoms with van der Waals surface area (Å²) in [6.45, 7) is 7.27. The lowest BCUT2D eigenvalue weighted by Crippen LogP contribution is -2.44. The van der Waals surface area contributed by atoms with Crippen molar-refractivity contribution < 1.29 is 9.53 Å². The van der Waals surface area contributed by atoms with E-state index < -0.39 is 0 Å². The minimum absolute atomic E-state index is 0.150. The normalized spacial score (nSPS) is 19.3. The number of carbonyl (C=O) groups is 1. The van der Waals surface area contributed by atoms with Crippen LogP contribution in [0.2, 0.25) is 0 Å². The van der Waals surface area contributed by atoms with Gasteiger partial charge in [0.1, 0.15) is 6.61 Å². The summed E-state index contributed by atoms with van der Waals surface area (Å²) in [5, 5.41) is 1.15. The van der Waals surface area contributed by atoms with Gasteiger partial charge in [0.2, 0.25) is 0 Å². The van der Waals surface area contributed by atoms with Crippen LogP contribution in [0.5, 0.6) is 0 Å². The third kappa shape index (κ3) is 5.37. The third-order valence-corrected chi connectivity index (χ3v) is 6.88. The van der Waals surface area contributed by atoms with Crippen molar-refractivity contribution in [3.05, 3.63) is 35.2 Å². The summed E-state index contributed by atoms with van der Waals surface area (Å²) in [6, 6.07) is 10.2. The number of thiophene rings is 1. The number of rotatable bonds is 4. The van der Waals surface area contributed by atoms with Crippen LogP contribution in [0, 0.1) is 11.8 Å². The number of benzene rings is 1. The summed E-state index contributed by atoms with van der Waals surface area (Å²) < 4.78 is 7.11. The Morgan fingerprint density at radius 2 is 1.86 bits per heavy atom. The fourth-order valence-corrected chi connectivity index (χ4v) is 4.88. The second-order valence-corrected chi connectivity index (χ2v) is 8.97. The average Bonchev–Trinajstić information content (AvgIpc) is 3.19. The van der Waals surface area contributed by atoms with Gasteiger partial charge in [-0.25, -0.2) is 0 Å². The number of amides is 1. The van der Waals surface area contributed by atoms with Crippen molar-refractivity contribution in [2.24, 2.45) is 0 Å². The Hall–Kier alpha value is -1.91. The number of carbonyl (C=O) groups excluding carboxylic acids is 1. The van der Waals surface area contributed by atoms with Crippen LogP contribution in [0.25, 0.3) is 10.1 Å². The molecule has 0 bridgehead atoms. The summed E-state index contributed by atoms with van der Waals surface area (Å²) in [7, 11) is 2.16. The molecule has 5 nitrogen and oxygen atoms in total. The molecule has 0 aliphatic carbocycles. The fourth-order valence-electron chi connectivity index (χ4n) is 3.85. The maximum absolute atomic E-state index is 12.8. The Labute approximate surface area is 177 Å². The average molecular weight is 412 g/mol. The van der Waals surface area contributed by atoms with Gasteiger partial charge in [0, 0.05) is 44.0 Å². The minimum Gasteiger partial charge on any atom is -0.365 e. The summed E-state index contributed by atoms with van der Waals surface area (Å²) in [5.41, 5.74) is 0. The molecular formula is C23H29N3O2S. The highest BCUT2D eigenvalue weighted by atomic mass is 32.1. The molecule has 4 rings (SSSR count). The minimum atomic E-state index is 0.150. The van der Waals surface area contributed by atoms with E-state index in [1.165, 1.54) is 4.70 Å². The number of likely N-dealkylation sites (tertiary alicyclic amines) is 1. The highest BCUT2D eigenvalue weighted by Gasteiger charge is 2.25. The molecule has 2 aliphatic rings. The lowest BCUT2D eigenvalue weighted by Gasteiger charge is -2.31. The monoisotopic (exact) mass is 411 g/mol. The van der Waals surface area contributed by atoms with Gasteiger partial charge in [-0.1, -0.05) is 30.0 Å². The van der Waals surface area contributed by atoms with Gasteiger partial charge < -0.3 is 14.5 Å². The Morgan fingerprint density at radius 3 is 2.62 bits per heavy atom. The van der Waals surface area contributed by atoms with Gasteiger partial charge in [0.25, 0.3) is 5.91 Å². The summed E-state index contributed by atoms with van der Waals surface area (Å²) in [5.74, 6) is 6.55. The van der Waals surface area contributed by atoms with E-state index in [1.807, 2.05) is 23.1 Å². The van der Waals surface area contributed by atoms with E-state index in [-0.39, 0.29) is 12.0 Å². The first-order chi connectivity index (χ1) is 14.2. The highest BCUT2D eigenvalue weighted by molar-refractivity contribution is 7.20. The zero-order valence-electron chi connectivity index (χ0n) is 17.1. The molecule has 2 aliphatic heterocycles. The molecule has 6 heteroatoms. The Morgan fingerprint density at radius 1 is 1.10 bits per heavy atom. The van der Waals surface area contributed by atoms with Crippen LogP contribution in [-0.2, 0) is 4.74 Å². The number of hydrogen-bond acceptors (Lipinski definition) is 5. The number of ether oxygens (including phenoxy) is 1. The van der Waals surface area contributed by atoms with Gasteiger partial charge in [0.05, 0.1) is 17.5 Å². The van der Waals surface area contributed by atoms with E-state index in [0.29, 0.717) is 6.61 Å². The van der Waals surface area contributed by atoms with Crippen LogP contribution in [0.4, 0.5) is 0 Å². The van der Waals surface area contributed by atoms with Crippen LogP contribution in [0.3, 0.4) is 0 Å². The number of piperidine rings is 1. The number of likely N-dealkylation sites (N-methyl/N-ethyl adjacent to an activating group) is 1. The maximum Gasteiger partial charge on any atom is 0.263 e. The summed E-state index contributed by atoms with van der Waals surface area (Å²) in [6.07, 6.45) is 1.98. The number of piperazine rings is 1. The van der Waals surface area contributed by atoms with Crippen molar-refractivity contribution in [2.45, 2.75) is 18.9 Å². The van der Waals surface area contributed by atoms with Crippen molar-refractivity contribution in [3.8, 4) is 11.8 Å². The van der Waals surface area contributed by atoms with Crippen LogP contribution in [0.15, 0.2) is 30.3 Å². The molecule has 29 heavy (non-hydrogen) atoms. The predicted octanol–water partition coefficient (Wildman–Crippen LogP) is 2.77. The van der Waals surface area contributed by atoms with Crippen molar-refractivity contribution in [2.75, 3.05) is 59.5 Å². The molecule has 0 radical (unpaired) electrons. The Kier molecular flexibility index (Phi) is 6.83. The largest absolute Gasteiger partial charge is 0.365 e. The van der Waals surface area contributed by atoms with Gasteiger partial charge in [-0.2, -0.15) is 0 Å². The molecule has 3 heterocycles. The Bertz CT molecular complexity index is 851. The highest BCUT2D eigenvalue weighted by Crippen LogP contribution is 2.27. The quantitative estimate of drug-likeness (QED) is 0.725. The smallest absolute Gasteiger partial charge is 0.263 e. The molecule has 2 aromatic rings. The SMILES string of the molecule is CN1CCN(CC#CCOC2CCN(C(=O)c3cc4ccccc4s3)CC2)CC1. The molecule has 0 unspecified atom stereocenters. The first-order valence-electron chi connectivity index (χ1n) is 10.4. The maximum atomic E-state index is 12.8. The second-order valence-electron chi connectivity index (χ2n) is 7.88. The third-order valence-electron chi connectivity index (χ3n) is 5.78. The van der Waals surface area contributed by atoms with Crippen molar-refractivity contribution in [1.82, 2.24) is 14.7 Å². The standard InChI is InChI=1S/C23H29N3O2S/c1-24-13-15-25(16-14-24)10-4-5-17-28-20-8-11-26(12-9-20)23(27)22-18-19-6-2-3-7-21(19)29-22/h2-3,6-7,18,20H,8-17H2,1H3. The molecule has 2 fully saturated rings. The van der Waals surface area contributed by atoms with Gasteiger partial charge in [-0.15, -0.1) is 11.3 Å². The van der Waals surface area contributed by atoms with Gasteiger partial charge >= 0.3 is 0 Å². The molecule has 2 saturated heterocycles. The molecular weight excluding hydrogens is 382 g/mol. The first kappa shape index (κ1) is 20.4. The van der Waals surface area contributed by atoms with Gasteiger partial charge in [-0.05, 0) is 37.4 Å². The van der Waals surface area contributed by atoms with Gasteiger partial charge in [-0.3, -0.25) is 9.69 Å². The Balaban J connectivity index is 1.18. The predicted molar refractivity (Wildman–Crippen MR) is 118 cm³/mol. The first-order valence-corrected chi connectivity index (χ1v) is 11.3. The topological polar surface area (TPSA) is 36.0 Å². The molecule has 0 N–H and O–H groups in total. The molecule has 0 saturated carbocycles. The molecule has 154 valence electrons. The van der Waals surface area contributed by atoms with E-state index >= 15 is 0 Å². The number of fused-ring (bicyclic) bond motifs is 1.